The summed E-state index contributed by atoms with van der Waals surface area (Å²) < 4.78 is 48.5. The molecule has 5 nitrogen and oxygen atoms in total. The van der Waals surface area contributed by atoms with Crippen LogP contribution in [0.15, 0.2) is 24.3 Å². The van der Waals surface area contributed by atoms with Gasteiger partial charge in [-0.25, -0.2) is 4.79 Å². The Balaban J connectivity index is 2.70. The summed E-state index contributed by atoms with van der Waals surface area (Å²) in [6.45, 7) is 2.34. The summed E-state index contributed by atoms with van der Waals surface area (Å²) in [6.07, 6.45) is -4.42. The minimum absolute atomic E-state index is 0.101. The van der Waals surface area contributed by atoms with E-state index < -0.39 is 23.7 Å². The molecule has 0 atom stereocenters. The predicted molar refractivity (Wildman–Crippen MR) is 95.2 cm³/mol. The molecule has 0 saturated carbocycles. The van der Waals surface area contributed by atoms with E-state index in [9.17, 15) is 18.0 Å². The molecular formula is C16H14F3IN2O3. The van der Waals surface area contributed by atoms with Crippen molar-refractivity contribution in [3.8, 4) is 11.5 Å². The van der Waals surface area contributed by atoms with Crippen molar-refractivity contribution in [2.45, 2.75) is 19.5 Å². The number of carbonyl (C=O) groups is 1. The largest absolute Gasteiger partial charge is 0.492 e. The molecule has 0 aliphatic heterocycles. The summed E-state index contributed by atoms with van der Waals surface area (Å²) in [5.74, 6) is -2.85. The van der Waals surface area contributed by atoms with Gasteiger partial charge in [0.05, 0.1) is 15.7 Å². The topological polar surface area (TPSA) is 85.4 Å². The van der Waals surface area contributed by atoms with Crippen LogP contribution in [-0.4, -0.2) is 24.6 Å². The lowest BCUT2D eigenvalue weighted by Crippen LogP contribution is -2.29. The molecule has 0 aliphatic carbocycles. The SMILES string of the molecule is CCCOc1ccc2ccc(C(=N)N)c(OC(=O)C(F)(F)F)c2c1I. The van der Waals surface area contributed by atoms with Gasteiger partial charge in [-0.05, 0) is 46.5 Å². The van der Waals surface area contributed by atoms with Crippen LogP contribution >= 0.6 is 22.6 Å². The Morgan fingerprint density at radius 1 is 1.28 bits per heavy atom. The molecule has 0 radical (unpaired) electrons. The molecule has 0 aromatic heterocycles. The van der Waals surface area contributed by atoms with Crippen LogP contribution in [0, 0.1) is 8.98 Å². The van der Waals surface area contributed by atoms with Gasteiger partial charge < -0.3 is 15.2 Å². The van der Waals surface area contributed by atoms with E-state index >= 15 is 0 Å². The standard InChI is InChI=1S/C16H14F3IN2O3/c1-2-7-24-10-6-4-8-3-5-9(14(21)22)13(11(8)12(10)20)25-15(23)16(17,18)19/h3-6H,2,7H2,1H3,(H3,21,22). The summed E-state index contributed by atoms with van der Waals surface area (Å²) in [4.78, 5) is 11.3. The Kier molecular flexibility index (Phi) is 5.76. The van der Waals surface area contributed by atoms with E-state index in [0.29, 0.717) is 21.3 Å². The number of hydrogen-bond acceptors (Lipinski definition) is 4. The first kappa shape index (κ1) is 19.3. The third-order valence-corrected chi connectivity index (χ3v) is 4.29. The van der Waals surface area contributed by atoms with E-state index in [1.807, 2.05) is 29.5 Å². The number of esters is 1. The van der Waals surface area contributed by atoms with E-state index in [2.05, 4.69) is 4.74 Å². The molecular weight excluding hydrogens is 452 g/mol. The Labute approximate surface area is 154 Å². The average Bonchev–Trinajstić information content (AvgIpc) is 2.53. The molecule has 134 valence electrons. The maximum atomic E-state index is 12.6. The number of nitrogen functional groups attached to an aromatic ring is 1. The number of fused-ring (bicyclic) bond motifs is 1. The van der Waals surface area contributed by atoms with Crippen molar-refractivity contribution in [2.75, 3.05) is 6.61 Å². The summed E-state index contributed by atoms with van der Waals surface area (Å²) >= 11 is 1.90. The Morgan fingerprint density at radius 3 is 2.48 bits per heavy atom. The van der Waals surface area contributed by atoms with Crippen LogP contribution in [0.1, 0.15) is 18.9 Å². The molecule has 2 aromatic rings. The Morgan fingerprint density at radius 2 is 1.92 bits per heavy atom. The van der Waals surface area contributed by atoms with Crippen LogP contribution in [0.3, 0.4) is 0 Å². The van der Waals surface area contributed by atoms with Crippen LogP contribution in [0.5, 0.6) is 11.5 Å². The minimum atomic E-state index is -5.17. The number of halogens is 4. The van der Waals surface area contributed by atoms with E-state index in [1.165, 1.54) is 6.07 Å². The number of benzene rings is 2. The van der Waals surface area contributed by atoms with Crippen LogP contribution < -0.4 is 15.2 Å². The number of carbonyl (C=O) groups excluding carboxylic acids is 1. The average molecular weight is 466 g/mol. The van der Waals surface area contributed by atoms with Gasteiger partial charge in [0.15, 0.2) is 5.75 Å². The number of rotatable bonds is 5. The lowest BCUT2D eigenvalue weighted by molar-refractivity contribution is -0.189. The van der Waals surface area contributed by atoms with Crippen molar-refractivity contribution in [2.24, 2.45) is 5.73 Å². The second-order valence-corrected chi connectivity index (χ2v) is 6.15. The first-order chi connectivity index (χ1) is 11.7. The zero-order valence-corrected chi connectivity index (χ0v) is 15.2. The lowest BCUT2D eigenvalue weighted by Gasteiger charge is -2.16. The first-order valence-corrected chi connectivity index (χ1v) is 8.26. The minimum Gasteiger partial charge on any atom is -0.492 e. The molecule has 2 rings (SSSR count). The lowest BCUT2D eigenvalue weighted by atomic mass is 10.0. The van der Waals surface area contributed by atoms with Crippen molar-refractivity contribution >= 4 is 45.2 Å². The van der Waals surface area contributed by atoms with Crippen molar-refractivity contribution in [1.82, 2.24) is 0 Å². The van der Waals surface area contributed by atoms with E-state index in [-0.39, 0.29) is 10.9 Å². The van der Waals surface area contributed by atoms with Crippen LogP contribution in [0.4, 0.5) is 13.2 Å². The summed E-state index contributed by atoms with van der Waals surface area (Å²) in [7, 11) is 0. The highest BCUT2D eigenvalue weighted by molar-refractivity contribution is 14.1. The Hall–Kier alpha value is -2.04. The van der Waals surface area contributed by atoms with Gasteiger partial charge in [0.25, 0.3) is 0 Å². The third-order valence-electron chi connectivity index (χ3n) is 3.22. The fraction of sp³-hybridized carbons (Fsp3) is 0.250. The van der Waals surface area contributed by atoms with E-state index in [4.69, 9.17) is 15.9 Å². The number of alkyl halides is 3. The monoisotopic (exact) mass is 466 g/mol. The third kappa shape index (κ3) is 4.14. The van der Waals surface area contributed by atoms with Gasteiger partial charge in [0, 0.05) is 5.39 Å². The fourth-order valence-electron chi connectivity index (χ4n) is 2.12. The van der Waals surface area contributed by atoms with Gasteiger partial charge in [-0.2, -0.15) is 13.2 Å². The molecule has 0 saturated heterocycles. The highest BCUT2D eigenvalue weighted by Crippen LogP contribution is 2.38. The van der Waals surface area contributed by atoms with Gasteiger partial charge >= 0.3 is 12.1 Å². The quantitative estimate of drug-likeness (QED) is 0.230. The Bertz CT molecular complexity index is 837. The van der Waals surface area contributed by atoms with Crippen LogP contribution in [0.25, 0.3) is 10.8 Å². The number of nitrogens with one attached hydrogen (secondary N) is 1. The van der Waals surface area contributed by atoms with Crippen molar-refractivity contribution in [1.29, 1.82) is 5.41 Å². The molecule has 9 heteroatoms. The van der Waals surface area contributed by atoms with E-state index in [0.717, 1.165) is 6.42 Å². The number of ether oxygens (including phenoxy) is 2. The first-order valence-electron chi connectivity index (χ1n) is 7.18. The van der Waals surface area contributed by atoms with Gasteiger partial charge in [-0.15, -0.1) is 0 Å². The molecule has 0 amide bonds. The molecule has 0 fully saturated rings. The predicted octanol–water partition coefficient (Wildman–Crippen LogP) is 3.98. The second-order valence-electron chi connectivity index (χ2n) is 5.07. The highest BCUT2D eigenvalue weighted by atomic mass is 127. The normalized spacial score (nSPS) is 11.4. The van der Waals surface area contributed by atoms with Gasteiger partial charge in [0.1, 0.15) is 11.6 Å². The van der Waals surface area contributed by atoms with Crippen molar-refractivity contribution in [3.63, 3.8) is 0 Å². The molecule has 0 heterocycles. The smallest absolute Gasteiger partial charge is 0.491 e. The summed E-state index contributed by atoms with van der Waals surface area (Å²) in [5.41, 5.74) is 5.33. The maximum absolute atomic E-state index is 12.6. The number of amidine groups is 1. The van der Waals surface area contributed by atoms with Crippen LogP contribution in [-0.2, 0) is 4.79 Å². The van der Waals surface area contributed by atoms with Gasteiger partial charge in [0.2, 0.25) is 0 Å². The van der Waals surface area contributed by atoms with Crippen LogP contribution in [0.2, 0.25) is 0 Å². The van der Waals surface area contributed by atoms with Gasteiger partial charge in [-0.1, -0.05) is 19.1 Å². The highest BCUT2D eigenvalue weighted by Gasteiger charge is 2.42. The molecule has 0 unspecified atom stereocenters. The number of nitrogens with two attached hydrogens (primary N) is 1. The summed E-state index contributed by atoms with van der Waals surface area (Å²) in [6, 6.07) is 6.24. The van der Waals surface area contributed by atoms with Crippen molar-refractivity contribution < 1.29 is 27.4 Å². The zero-order valence-electron chi connectivity index (χ0n) is 13.0. The second kappa shape index (κ2) is 7.46. The maximum Gasteiger partial charge on any atom is 0.491 e. The van der Waals surface area contributed by atoms with Gasteiger partial charge in [-0.3, -0.25) is 5.41 Å². The zero-order chi connectivity index (χ0) is 18.8. The van der Waals surface area contributed by atoms with Crippen molar-refractivity contribution in [3.05, 3.63) is 33.4 Å². The molecule has 0 aliphatic rings. The summed E-state index contributed by atoms with van der Waals surface area (Å²) in [5, 5.41) is 8.32. The molecule has 25 heavy (non-hydrogen) atoms. The number of hydrogen-bond donors (Lipinski definition) is 2. The fourth-order valence-corrected chi connectivity index (χ4v) is 3.01. The molecule has 0 bridgehead atoms. The molecule has 0 spiro atoms. The molecule has 2 aromatic carbocycles. The van der Waals surface area contributed by atoms with E-state index in [1.54, 1.807) is 18.2 Å². The molecule has 3 N–H and O–H groups in total.